The molecule has 0 unspecified atom stereocenters. The molecule has 4 aromatic heterocycles. The Hall–Kier alpha value is -7.54. The topological polar surface area (TPSA) is 136 Å². The summed E-state index contributed by atoms with van der Waals surface area (Å²) in [4.78, 5) is 32.6. The SMILES string of the molecule is CCOC(=O)c1ccnc(-n2c(C)ccc2-c2cc(Cl)ccc2OCc2ccc(OC)cc2)c1.COc1ccc(COc2ccc(Cl)cc2-c2ccc(C)n2-c2cc(C(=O)O)ccn2)cc1. The normalized spacial score (nSPS) is 10.7. The maximum absolute atomic E-state index is 12.3. The molecular formula is C52H46Cl2N4O8. The first-order chi connectivity index (χ1) is 32.0. The van der Waals surface area contributed by atoms with Crippen LogP contribution >= 0.6 is 23.2 Å². The number of carboxylic acid groups (broad SMARTS) is 1. The number of rotatable bonds is 15. The van der Waals surface area contributed by atoms with Crippen molar-refractivity contribution in [3.8, 4) is 57.1 Å². The zero-order valence-electron chi connectivity index (χ0n) is 36.8. The van der Waals surface area contributed by atoms with E-state index in [0.717, 1.165) is 56.5 Å². The summed E-state index contributed by atoms with van der Waals surface area (Å²) in [6, 6.07) is 40.6. The fraction of sp³-hybridized carbons (Fsp3) is 0.154. The number of methoxy groups -OCH3 is 2. The van der Waals surface area contributed by atoms with Crippen LogP contribution in [0.3, 0.4) is 0 Å². The van der Waals surface area contributed by atoms with Crippen LogP contribution in [0, 0.1) is 13.8 Å². The molecule has 0 saturated heterocycles. The summed E-state index contributed by atoms with van der Waals surface area (Å²) in [6.07, 6.45) is 3.09. The average Bonchev–Trinajstić information content (AvgIpc) is 3.93. The Morgan fingerprint density at radius 2 is 1.02 bits per heavy atom. The molecule has 66 heavy (non-hydrogen) atoms. The summed E-state index contributed by atoms with van der Waals surface area (Å²) in [5.74, 6) is 2.62. The lowest BCUT2D eigenvalue weighted by atomic mass is 10.1. The third-order valence-corrected chi connectivity index (χ3v) is 10.9. The lowest BCUT2D eigenvalue weighted by Crippen LogP contribution is -2.08. The number of benzene rings is 4. The number of hydrogen-bond donors (Lipinski definition) is 1. The summed E-state index contributed by atoms with van der Waals surface area (Å²) in [7, 11) is 3.27. The van der Waals surface area contributed by atoms with E-state index in [1.54, 1.807) is 57.7 Å². The summed E-state index contributed by atoms with van der Waals surface area (Å²) >= 11 is 12.7. The van der Waals surface area contributed by atoms with Crippen molar-refractivity contribution in [2.75, 3.05) is 20.8 Å². The largest absolute Gasteiger partial charge is 0.497 e. The van der Waals surface area contributed by atoms with Crippen molar-refractivity contribution in [2.45, 2.75) is 34.0 Å². The summed E-state index contributed by atoms with van der Waals surface area (Å²) in [6.45, 7) is 6.74. The Kier molecular flexibility index (Phi) is 15.1. The molecule has 0 bridgehead atoms. The number of hydrogen-bond acceptors (Lipinski definition) is 9. The van der Waals surface area contributed by atoms with Gasteiger partial charge in [0.25, 0.3) is 0 Å². The van der Waals surface area contributed by atoms with E-state index in [9.17, 15) is 14.7 Å². The predicted octanol–water partition coefficient (Wildman–Crippen LogP) is 12.1. The number of pyridine rings is 2. The monoisotopic (exact) mass is 924 g/mol. The molecule has 0 saturated carbocycles. The van der Waals surface area contributed by atoms with Crippen molar-refractivity contribution in [1.29, 1.82) is 0 Å². The molecule has 0 aliphatic carbocycles. The van der Waals surface area contributed by atoms with Gasteiger partial charge in [0.2, 0.25) is 0 Å². The number of aromatic nitrogens is 4. The first-order valence-corrected chi connectivity index (χ1v) is 21.5. The Bertz CT molecular complexity index is 2970. The zero-order chi connectivity index (χ0) is 46.7. The second-order valence-electron chi connectivity index (χ2n) is 14.8. The Morgan fingerprint density at radius 1 is 0.576 bits per heavy atom. The van der Waals surface area contributed by atoms with Gasteiger partial charge in [-0.15, -0.1) is 0 Å². The standard InChI is InChI=1S/C27H25ClN2O4.C25H21ClN2O4/c1-4-33-27(31)20-13-14-29-26(15-20)30-18(2)5-11-24(30)23-16-21(28)8-12-25(23)34-17-19-6-9-22(32-3)10-7-19;1-16-3-9-22(28(16)24-13-18(25(29)30)11-12-27-24)21-14-19(26)6-10-23(21)32-15-17-4-7-20(31-2)8-5-17/h5-16H,4,17H2,1-3H3;3-14H,15H2,1-2H3,(H,29,30). The van der Waals surface area contributed by atoms with Crippen LogP contribution < -0.4 is 18.9 Å². The molecule has 4 heterocycles. The number of carbonyl (C=O) groups excluding carboxylic acids is 1. The van der Waals surface area contributed by atoms with Crippen LogP contribution in [-0.2, 0) is 18.0 Å². The van der Waals surface area contributed by atoms with E-state index in [1.807, 2.05) is 120 Å². The van der Waals surface area contributed by atoms with Crippen LogP contribution in [-0.4, -0.2) is 57.0 Å². The molecule has 8 aromatic rings. The zero-order valence-corrected chi connectivity index (χ0v) is 38.3. The van der Waals surface area contributed by atoms with Gasteiger partial charge in [0.05, 0.1) is 43.3 Å². The predicted molar refractivity (Wildman–Crippen MR) is 255 cm³/mol. The summed E-state index contributed by atoms with van der Waals surface area (Å²) in [5, 5.41) is 10.5. The molecule has 0 atom stereocenters. The maximum Gasteiger partial charge on any atom is 0.338 e. The molecule has 0 fully saturated rings. The molecule has 0 aliphatic heterocycles. The lowest BCUT2D eigenvalue weighted by molar-refractivity contribution is 0.0525. The van der Waals surface area contributed by atoms with Crippen molar-refractivity contribution in [3.05, 3.63) is 190 Å². The molecule has 14 heteroatoms. The van der Waals surface area contributed by atoms with E-state index < -0.39 is 5.97 Å². The van der Waals surface area contributed by atoms with Crippen molar-refractivity contribution < 1.29 is 38.4 Å². The minimum absolute atomic E-state index is 0.163. The molecular weight excluding hydrogens is 879 g/mol. The second-order valence-corrected chi connectivity index (χ2v) is 15.6. The van der Waals surface area contributed by atoms with E-state index in [0.29, 0.717) is 58.6 Å². The highest BCUT2D eigenvalue weighted by Gasteiger charge is 2.19. The molecule has 0 spiro atoms. The number of carbonyl (C=O) groups is 2. The third kappa shape index (κ3) is 11.0. The van der Waals surface area contributed by atoms with Crippen molar-refractivity contribution in [1.82, 2.24) is 19.1 Å². The van der Waals surface area contributed by atoms with Gasteiger partial charge < -0.3 is 28.8 Å². The minimum Gasteiger partial charge on any atom is -0.497 e. The molecule has 0 aliphatic rings. The van der Waals surface area contributed by atoms with Gasteiger partial charge in [0.1, 0.15) is 47.8 Å². The van der Waals surface area contributed by atoms with Crippen LogP contribution in [0.1, 0.15) is 50.2 Å². The molecule has 1 N–H and O–H groups in total. The van der Waals surface area contributed by atoms with E-state index in [2.05, 4.69) is 9.97 Å². The minimum atomic E-state index is -1.01. The molecule has 12 nitrogen and oxygen atoms in total. The smallest absolute Gasteiger partial charge is 0.338 e. The van der Waals surface area contributed by atoms with Gasteiger partial charge in [-0.05, 0) is 141 Å². The summed E-state index contributed by atoms with van der Waals surface area (Å²) < 4.78 is 31.8. The number of carboxylic acids is 1. The molecule has 8 rings (SSSR count). The van der Waals surface area contributed by atoms with E-state index >= 15 is 0 Å². The van der Waals surface area contributed by atoms with Gasteiger partial charge in [0.15, 0.2) is 0 Å². The second kappa shape index (κ2) is 21.4. The van der Waals surface area contributed by atoms with Gasteiger partial charge in [-0.25, -0.2) is 19.6 Å². The number of halogens is 2. The molecule has 336 valence electrons. The van der Waals surface area contributed by atoms with Crippen LogP contribution in [0.5, 0.6) is 23.0 Å². The highest BCUT2D eigenvalue weighted by Crippen LogP contribution is 2.37. The Morgan fingerprint density at radius 3 is 1.44 bits per heavy atom. The number of nitrogens with zero attached hydrogens (tertiary/aromatic N) is 4. The van der Waals surface area contributed by atoms with Gasteiger partial charge >= 0.3 is 11.9 Å². The highest BCUT2D eigenvalue weighted by molar-refractivity contribution is 6.31. The lowest BCUT2D eigenvalue weighted by Gasteiger charge is -2.16. The summed E-state index contributed by atoms with van der Waals surface area (Å²) in [5.41, 5.74) is 7.69. The van der Waals surface area contributed by atoms with Crippen LogP contribution in [0.4, 0.5) is 0 Å². The fourth-order valence-corrected chi connectivity index (χ4v) is 7.43. The van der Waals surface area contributed by atoms with Gasteiger partial charge in [0, 0.05) is 45.0 Å². The Balaban J connectivity index is 0.000000197. The fourth-order valence-electron chi connectivity index (χ4n) is 7.08. The van der Waals surface area contributed by atoms with Crippen LogP contribution in [0.25, 0.3) is 34.2 Å². The maximum atomic E-state index is 12.3. The molecule has 4 aromatic carbocycles. The first-order valence-electron chi connectivity index (χ1n) is 20.8. The van der Waals surface area contributed by atoms with Gasteiger partial charge in [-0.2, -0.15) is 0 Å². The molecule has 0 radical (unpaired) electrons. The van der Waals surface area contributed by atoms with Crippen LogP contribution in [0.2, 0.25) is 10.0 Å². The molecule has 0 amide bonds. The first kappa shape index (κ1) is 46.5. The number of aryl methyl sites for hydroxylation is 2. The van der Waals surface area contributed by atoms with E-state index in [4.69, 9.17) is 46.9 Å². The van der Waals surface area contributed by atoms with Gasteiger partial charge in [-0.3, -0.25) is 9.13 Å². The van der Waals surface area contributed by atoms with Gasteiger partial charge in [-0.1, -0.05) is 47.5 Å². The quantitative estimate of drug-likeness (QED) is 0.0990. The third-order valence-electron chi connectivity index (χ3n) is 10.4. The van der Waals surface area contributed by atoms with Crippen LogP contribution in [0.15, 0.2) is 146 Å². The number of ether oxygens (including phenoxy) is 5. The number of aromatic carboxylic acids is 1. The van der Waals surface area contributed by atoms with Crippen molar-refractivity contribution in [2.24, 2.45) is 0 Å². The average molecular weight is 926 g/mol. The highest BCUT2D eigenvalue weighted by atomic mass is 35.5. The Labute approximate surface area is 392 Å². The van der Waals surface area contributed by atoms with E-state index in [1.165, 1.54) is 12.3 Å². The van der Waals surface area contributed by atoms with Crippen molar-refractivity contribution >= 4 is 35.1 Å². The van der Waals surface area contributed by atoms with E-state index in [-0.39, 0.29) is 11.5 Å². The number of esters is 1. The van der Waals surface area contributed by atoms with Crippen molar-refractivity contribution in [3.63, 3.8) is 0 Å².